The summed E-state index contributed by atoms with van der Waals surface area (Å²) < 4.78 is 1.03. The second-order valence-corrected chi connectivity index (χ2v) is 7.97. The molecule has 1 aliphatic heterocycles. The number of rotatable bonds is 5. The van der Waals surface area contributed by atoms with Crippen molar-refractivity contribution in [1.29, 1.82) is 0 Å². The quantitative estimate of drug-likeness (QED) is 0.767. The third kappa shape index (κ3) is 4.67. The third-order valence-corrected chi connectivity index (χ3v) is 5.21. The van der Waals surface area contributed by atoms with Gasteiger partial charge < -0.3 is 4.90 Å². The van der Waals surface area contributed by atoms with Gasteiger partial charge in [0, 0.05) is 6.54 Å². The molecule has 0 aliphatic carbocycles. The van der Waals surface area contributed by atoms with Crippen molar-refractivity contribution >= 4 is 33.0 Å². The van der Waals surface area contributed by atoms with Gasteiger partial charge in [-0.05, 0) is 74.0 Å². The second-order valence-electron chi connectivity index (χ2n) is 5.51. The van der Waals surface area contributed by atoms with Crippen LogP contribution in [0, 0.1) is 5.92 Å². The number of likely N-dealkylation sites (tertiary alicyclic amines) is 1. The Morgan fingerprint density at radius 2 is 2.11 bits per heavy atom. The van der Waals surface area contributed by atoms with Gasteiger partial charge in [0.05, 0.1) is 15.2 Å². The maximum atomic E-state index is 12.1. The zero-order valence-electron chi connectivity index (χ0n) is 11.6. The molecule has 0 N–H and O–H groups in total. The van der Waals surface area contributed by atoms with Gasteiger partial charge in [-0.15, -0.1) is 11.3 Å². The monoisotopic (exact) mass is 344 g/mol. The van der Waals surface area contributed by atoms with Gasteiger partial charge in [0.15, 0.2) is 5.78 Å². The molecule has 106 valence electrons. The van der Waals surface area contributed by atoms with Crippen molar-refractivity contribution in [2.45, 2.75) is 12.8 Å². The molecule has 0 amide bonds. The minimum absolute atomic E-state index is 0.252. The predicted molar refractivity (Wildman–Crippen MR) is 84.1 cm³/mol. The summed E-state index contributed by atoms with van der Waals surface area (Å²) in [5.74, 6) is 1.04. The first-order chi connectivity index (χ1) is 9.04. The van der Waals surface area contributed by atoms with Crippen molar-refractivity contribution in [2.24, 2.45) is 5.92 Å². The zero-order chi connectivity index (χ0) is 13.8. The highest BCUT2D eigenvalue weighted by Gasteiger charge is 2.22. The number of carbonyl (C=O) groups excluding carboxylic acids is 1. The fraction of sp³-hybridized carbons (Fsp3) is 0.643. The van der Waals surface area contributed by atoms with Gasteiger partial charge in [0.1, 0.15) is 0 Å². The van der Waals surface area contributed by atoms with Crippen LogP contribution in [0.2, 0.25) is 0 Å². The fourth-order valence-electron chi connectivity index (χ4n) is 2.59. The number of piperidine rings is 1. The predicted octanol–water partition coefficient (Wildman–Crippen LogP) is 2.97. The van der Waals surface area contributed by atoms with Crippen molar-refractivity contribution < 1.29 is 4.79 Å². The average molecular weight is 345 g/mol. The molecule has 2 heterocycles. The van der Waals surface area contributed by atoms with Crippen LogP contribution >= 0.6 is 27.3 Å². The molecule has 0 spiro atoms. The molecule has 3 nitrogen and oxygen atoms in total. The average Bonchev–Trinajstić information content (AvgIpc) is 2.78. The molecular formula is C14H21BrN2OS. The summed E-state index contributed by atoms with van der Waals surface area (Å²) in [5.41, 5.74) is 0. The van der Waals surface area contributed by atoms with Gasteiger partial charge in [-0.1, -0.05) is 0 Å². The molecule has 0 aromatic carbocycles. The molecule has 1 saturated heterocycles. The second kappa shape index (κ2) is 6.97. The van der Waals surface area contributed by atoms with Crippen LogP contribution in [0.3, 0.4) is 0 Å². The van der Waals surface area contributed by atoms with E-state index in [9.17, 15) is 4.79 Å². The lowest BCUT2D eigenvalue weighted by Crippen LogP contribution is -2.39. The normalized spacial score (nSPS) is 18.1. The topological polar surface area (TPSA) is 23.6 Å². The van der Waals surface area contributed by atoms with Crippen molar-refractivity contribution in [3.05, 3.63) is 20.8 Å². The lowest BCUT2D eigenvalue weighted by molar-refractivity contribution is 0.0890. The lowest BCUT2D eigenvalue weighted by Gasteiger charge is -2.32. The van der Waals surface area contributed by atoms with E-state index in [1.807, 2.05) is 12.1 Å². The molecule has 19 heavy (non-hydrogen) atoms. The van der Waals surface area contributed by atoms with Crippen LogP contribution in [-0.4, -0.2) is 55.9 Å². The smallest absolute Gasteiger partial charge is 0.186 e. The summed E-state index contributed by atoms with van der Waals surface area (Å²) in [6.45, 7) is 3.84. The largest absolute Gasteiger partial charge is 0.309 e. The number of thiophene rings is 1. The Hall–Kier alpha value is -0.230. The van der Waals surface area contributed by atoms with E-state index in [-0.39, 0.29) is 5.78 Å². The molecule has 0 radical (unpaired) electrons. The van der Waals surface area contributed by atoms with E-state index in [2.05, 4.69) is 39.8 Å². The number of hydrogen-bond donors (Lipinski definition) is 0. The van der Waals surface area contributed by atoms with E-state index < -0.39 is 0 Å². The molecule has 2 rings (SSSR count). The van der Waals surface area contributed by atoms with E-state index >= 15 is 0 Å². The highest BCUT2D eigenvalue weighted by Crippen LogP contribution is 2.23. The number of halogens is 1. The lowest BCUT2D eigenvalue weighted by atomic mass is 9.96. The maximum Gasteiger partial charge on any atom is 0.186 e. The fourth-order valence-corrected chi connectivity index (χ4v) is 3.90. The van der Waals surface area contributed by atoms with Crippen LogP contribution in [0.1, 0.15) is 22.5 Å². The van der Waals surface area contributed by atoms with E-state index in [4.69, 9.17) is 0 Å². The van der Waals surface area contributed by atoms with E-state index in [0.29, 0.717) is 6.54 Å². The minimum Gasteiger partial charge on any atom is -0.309 e. The van der Waals surface area contributed by atoms with Gasteiger partial charge in [-0.3, -0.25) is 9.69 Å². The van der Waals surface area contributed by atoms with Gasteiger partial charge in [0.25, 0.3) is 0 Å². The SMILES string of the molecule is CN(C)CC1CCN(CC(=O)c2ccc(Br)s2)CC1. The minimum atomic E-state index is 0.252. The Morgan fingerprint density at radius 1 is 1.42 bits per heavy atom. The first-order valence-corrected chi connectivity index (χ1v) is 8.31. The first-order valence-electron chi connectivity index (χ1n) is 6.70. The zero-order valence-corrected chi connectivity index (χ0v) is 14.0. The summed E-state index contributed by atoms with van der Waals surface area (Å²) in [6.07, 6.45) is 2.42. The molecule has 5 heteroatoms. The number of ketones is 1. The molecule has 1 aliphatic rings. The summed E-state index contributed by atoms with van der Waals surface area (Å²) in [4.78, 5) is 17.5. The molecule has 0 bridgehead atoms. The Labute approximate surface area is 127 Å². The van der Waals surface area contributed by atoms with Crippen LogP contribution in [-0.2, 0) is 0 Å². The molecule has 1 aromatic rings. The van der Waals surface area contributed by atoms with Crippen molar-refractivity contribution in [3.8, 4) is 0 Å². The number of hydrogen-bond acceptors (Lipinski definition) is 4. The molecule has 0 saturated carbocycles. The Balaban J connectivity index is 1.78. The Morgan fingerprint density at radius 3 is 2.63 bits per heavy atom. The summed E-state index contributed by atoms with van der Waals surface area (Å²) >= 11 is 4.93. The van der Waals surface area contributed by atoms with Gasteiger partial charge in [-0.2, -0.15) is 0 Å². The molecular weight excluding hydrogens is 324 g/mol. The Kier molecular flexibility index (Phi) is 5.57. The standard InChI is InChI=1S/C14H21BrN2OS/c1-16(2)9-11-5-7-17(8-6-11)10-12(18)13-3-4-14(15)19-13/h3-4,11H,5-10H2,1-2H3. The van der Waals surface area contributed by atoms with Crippen LogP contribution in [0.15, 0.2) is 15.9 Å². The van der Waals surface area contributed by atoms with Crippen LogP contribution in [0.5, 0.6) is 0 Å². The maximum absolute atomic E-state index is 12.1. The summed E-state index contributed by atoms with van der Waals surface area (Å²) in [6, 6.07) is 3.86. The number of nitrogens with zero attached hydrogens (tertiary/aromatic N) is 2. The summed E-state index contributed by atoms with van der Waals surface area (Å²) in [5, 5.41) is 0. The molecule has 0 atom stereocenters. The highest BCUT2D eigenvalue weighted by molar-refractivity contribution is 9.11. The van der Waals surface area contributed by atoms with Crippen molar-refractivity contribution in [3.63, 3.8) is 0 Å². The van der Waals surface area contributed by atoms with Crippen molar-refractivity contribution in [2.75, 3.05) is 40.3 Å². The van der Waals surface area contributed by atoms with Crippen molar-refractivity contribution in [1.82, 2.24) is 9.80 Å². The molecule has 1 aromatic heterocycles. The highest BCUT2D eigenvalue weighted by atomic mass is 79.9. The van der Waals surface area contributed by atoms with E-state index in [0.717, 1.165) is 27.7 Å². The Bertz CT molecular complexity index is 425. The number of carbonyl (C=O) groups is 1. The number of Topliss-reactive ketones (excluding diaryl/α,β-unsaturated/α-hetero) is 1. The van der Waals surface area contributed by atoms with Gasteiger partial charge in [-0.25, -0.2) is 0 Å². The third-order valence-electron chi connectivity index (χ3n) is 3.55. The van der Waals surface area contributed by atoms with Gasteiger partial charge >= 0.3 is 0 Å². The van der Waals surface area contributed by atoms with E-state index in [1.165, 1.54) is 30.7 Å². The van der Waals surface area contributed by atoms with Gasteiger partial charge in [0.2, 0.25) is 0 Å². The summed E-state index contributed by atoms with van der Waals surface area (Å²) in [7, 11) is 4.26. The van der Waals surface area contributed by atoms with Crippen LogP contribution in [0.4, 0.5) is 0 Å². The first kappa shape index (κ1) is 15.2. The molecule has 1 fully saturated rings. The molecule has 0 unspecified atom stereocenters. The van der Waals surface area contributed by atoms with Crippen LogP contribution in [0.25, 0.3) is 0 Å². The van der Waals surface area contributed by atoms with Crippen LogP contribution < -0.4 is 0 Å². The van der Waals surface area contributed by atoms with E-state index in [1.54, 1.807) is 0 Å².